The molecule has 142 valence electrons. The normalized spacial score (nSPS) is 18.0. The minimum absolute atomic E-state index is 0.209. The van der Waals surface area contributed by atoms with Gasteiger partial charge in [-0.15, -0.1) is 0 Å². The molecule has 4 nitrogen and oxygen atoms in total. The number of hydrogen-bond acceptors (Lipinski definition) is 3. The van der Waals surface area contributed by atoms with E-state index in [2.05, 4.69) is 33.4 Å². The third kappa shape index (κ3) is 4.56. The van der Waals surface area contributed by atoms with Crippen molar-refractivity contribution in [2.24, 2.45) is 5.92 Å². The SMILES string of the molecule is O=C(c1ccc2c(c1)CCNCC2)N1CCC(CCc2cccnc2)CC1. The van der Waals surface area contributed by atoms with Crippen molar-refractivity contribution < 1.29 is 4.79 Å². The first kappa shape index (κ1) is 18.2. The summed E-state index contributed by atoms with van der Waals surface area (Å²) in [5.74, 6) is 0.924. The molecule has 4 heteroatoms. The highest BCUT2D eigenvalue weighted by Gasteiger charge is 2.24. The summed E-state index contributed by atoms with van der Waals surface area (Å²) in [7, 11) is 0. The number of hydrogen-bond donors (Lipinski definition) is 1. The zero-order chi connectivity index (χ0) is 18.5. The number of aryl methyl sites for hydroxylation is 1. The van der Waals surface area contributed by atoms with Crippen molar-refractivity contribution >= 4 is 5.91 Å². The molecular formula is C23H29N3O. The van der Waals surface area contributed by atoms with Gasteiger partial charge in [0, 0.05) is 31.0 Å². The van der Waals surface area contributed by atoms with Crippen LogP contribution in [-0.2, 0) is 19.3 Å². The van der Waals surface area contributed by atoms with Crippen molar-refractivity contribution in [3.63, 3.8) is 0 Å². The molecular weight excluding hydrogens is 334 g/mol. The summed E-state index contributed by atoms with van der Waals surface area (Å²) in [6.07, 6.45) is 10.4. The zero-order valence-electron chi connectivity index (χ0n) is 16.0. The van der Waals surface area contributed by atoms with E-state index in [0.717, 1.165) is 63.8 Å². The Labute approximate surface area is 162 Å². The molecule has 2 aliphatic rings. The van der Waals surface area contributed by atoms with Gasteiger partial charge >= 0.3 is 0 Å². The van der Waals surface area contributed by atoms with Crippen LogP contribution in [0, 0.1) is 5.92 Å². The summed E-state index contributed by atoms with van der Waals surface area (Å²) < 4.78 is 0. The maximum Gasteiger partial charge on any atom is 0.253 e. The number of nitrogens with zero attached hydrogens (tertiary/aromatic N) is 2. The van der Waals surface area contributed by atoms with E-state index in [1.54, 1.807) is 0 Å². The van der Waals surface area contributed by atoms with Gasteiger partial charge < -0.3 is 10.2 Å². The number of pyridine rings is 1. The van der Waals surface area contributed by atoms with E-state index >= 15 is 0 Å². The molecule has 2 aliphatic heterocycles. The molecule has 1 fully saturated rings. The van der Waals surface area contributed by atoms with E-state index in [1.807, 2.05) is 24.5 Å². The molecule has 0 unspecified atom stereocenters. The van der Waals surface area contributed by atoms with Crippen LogP contribution >= 0.6 is 0 Å². The highest BCUT2D eigenvalue weighted by atomic mass is 16.2. The molecule has 27 heavy (non-hydrogen) atoms. The highest BCUT2D eigenvalue weighted by molar-refractivity contribution is 5.94. The molecule has 0 saturated carbocycles. The molecule has 0 bridgehead atoms. The Balaban J connectivity index is 1.31. The van der Waals surface area contributed by atoms with Crippen LogP contribution in [0.2, 0.25) is 0 Å². The average Bonchev–Trinajstić information content (AvgIpc) is 2.98. The zero-order valence-corrected chi connectivity index (χ0v) is 16.0. The number of benzene rings is 1. The molecule has 3 heterocycles. The van der Waals surface area contributed by atoms with Gasteiger partial charge in [0.25, 0.3) is 5.91 Å². The second-order valence-electron chi connectivity index (χ2n) is 7.87. The molecule has 0 spiro atoms. The van der Waals surface area contributed by atoms with Crippen LogP contribution in [0.4, 0.5) is 0 Å². The lowest BCUT2D eigenvalue weighted by atomic mass is 9.90. The molecule has 0 radical (unpaired) electrons. The third-order valence-electron chi connectivity index (χ3n) is 6.06. The highest BCUT2D eigenvalue weighted by Crippen LogP contribution is 2.24. The molecule has 1 aromatic carbocycles. The molecule has 0 atom stereocenters. The van der Waals surface area contributed by atoms with Crippen molar-refractivity contribution in [3.8, 4) is 0 Å². The Bertz CT molecular complexity index is 766. The van der Waals surface area contributed by atoms with Crippen LogP contribution in [0.5, 0.6) is 0 Å². The molecule has 0 aliphatic carbocycles. The minimum atomic E-state index is 0.209. The third-order valence-corrected chi connectivity index (χ3v) is 6.06. The van der Waals surface area contributed by atoms with Crippen LogP contribution in [0.1, 0.15) is 46.3 Å². The first-order valence-corrected chi connectivity index (χ1v) is 10.3. The van der Waals surface area contributed by atoms with E-state index in [0.29, 0.717) is 5.92 Å². The Morgan fingerprint density at radius 3 is 2.70 bits per heavy atom. The van der Waals surface area contributed by atoms with E-state index in [4.69, 9.17) is 0 Å². The fourth-order valence-electron chi connectivity index (χ4n) is 4.33. The van der Waals surface area contributed by atoms with Gasteiger partial charge in [-0.25, -0.2) is 0 Å². The van der Waals surface area contributed by atoms with Gasteiger partial charge in [-0.3, -0.25) is 9.78 Å². The molecule has 2 aromatic rings. The van der Waals surface area contributed by atoms with Gasteiger partial charge in [0.15, 0.2) is 0 Å². The van der Waals surface area contributed by atoms with Gasteiger partial charge in [0.2, 0.25) is 0 Å². The number of fused-ring (bicyclic) bond motifs is 1. The van der Waals surface area contributed by atoms with Crippen molar-refractivity contribution in [1.82, 2.24) is 15.2 Å². The molecule has 1 amide bonds. The summed E-state index contributed by atoms with van der Waals surface area (Å²) >= 11 is 0. The summed E-state index contributed by atoms with van der Waals surface area (Å²) in [4.78, 5) is 19.2. The number of rotatable bonds is 4. The lowest BCUT2D eigenvalue weighted by Gasteiger charge is -2.32. The average molecular weight is 364 g/mol. The summed E-state index contributed by atoms with van der Waals surface area (Å²) in [5, 5.41) is 3.44. The topological polar surface area (TPSA) is 45.2 Å². The monoisotopic (exact) mass is 363 g/mol. The van der Waals surface area contributed by atoms with Gasteiger partial charge in [-0.1, -0.05) is 12.1 Å². The van der Waals surface area contributed by atoms with E-state index in [1.165, 1.54) is 23.1 Å². The summed E-state index contributed by atoms with van der Waals surface area (Å²) in [5.41, 5.74) is 4.92. The number of piperidine rings is 1. The predicted molar refractivity (Wildman–Crippen MR) is 108 cm³/mol. The first-order valence-electron chi connectivity index (χ1n) is 10.3. The summed E-state index contributed by atoms with van der Waals surface area (Å²) in [6, 6.07) is 10.5. The Kier molecular flexibility index (Phi) is 5.83. The second-order valence-corrected chi connectivity index (χ2v) is 7.87. The van der Waals surface area contributed by atoms with E-state index in [-0.39, 0.29) is 5.91 Å². The van der Waals surface area contributed by atoms with Crippen LogP contribution in [0.3, 0.4) is 0 Å². The first-order chi connectivity index (χ1) is 13.3. The fraction of sp³-hybridized carbons (Fsp3) is 0.478. The summed E-state index contributed by atoms with van der Waals surface area (Å²) in [6.45, 7) is 3.81. The second kappa shape index (κ2) is 8.66. The van der Waals surface area contributed by atoms with Crippen molar-refractivity contribution in [1.29, 1.82) is 0 Å². The smallest absolute Gasteiger partial charge is 0.253 e. The van der Waals surface area contributed by atoms with Crippen LogP contribution in [0.25, 0.3) is 0 Å². The maximum atomic E-state index is 13.0. The Morgan fingerprint density at radius 2 is 1.93 bits per heavy atom. The fourth-order valence-corrected chi connectivity index (χ4v) is 4.33. The number of carbonyl (C=O) groups is 1. The van der Waals surface area contributed by atoms with Crippen LogP contribution in [0.15, 0.2) is 42.7 Å². The molecule has 4 rings (SSSR count). The standard InChI is InChI=1S/C23H29N3O/c27-23(22-6-5-20-7-12-24-13-8-21(20)16-22)26-14-9-18(10-15-26)3-4-19-2-1-11-25-17-19/h1-2,5-6,11,16-18,24H,3-4,7-10,12-15H2. The number of amides is 1. The number of likely N-dealkylation sites (tertiary alicyclic amines) is 1. The number of aromatic nitrogens is 1. The Morgan fingerprint density at radius 1 is 1.11 bits per heavy atom. The van der Waals surface area contributed by atoms with Gasteiger partial charge in [0.05, 0.1) is 0 Å². The number of nitrogens with one attached hydrogen (secondary N) is 1. The Hall–Kier alpha value is -2.20. The van der Waals surface area contributed by atoms with Crippen LogP contribution < -0.4 is 5.32 Å². The molecule has 1 aromatic heterocycles. The minimum Gasteiger partial charge on any atom is -0.339 e. The van der Waals surface area contributed by atoms with E-state index < -0.39 is 0 Å². The quantitative estimate of drug-likeness (QED) is 0.907. The van der Waals surface area contributed by atoms with Gasteiger partial charge in [-0.05, 0) is 92.4 Å². The van der Waals surface area contributed by atoms with Crippen molar-refractivity contribution in [2.45, 2.75) is 38.5 Å². The van der Waals surface area contributed by atoms with Crippen LogP contribution in [-0.4, -0.2) is 42.0 Å². The van der Waals surface area contributed by atoms with Gasteiger partial charge in [0.1, 0.15) is 0 Å². The predicted octanol–water partition coefficient (Wildman–Crippen LogP) is 3.25. The van der Waals surface area contributed by atoms with Crippen molar-refractivity contribution in [3.05, 3.63) is 65.0 Å². The van der Waals surface area contributed by atoms with Crippen molar-refractivity contribution in [2.75, 3.05) is 26.2 Å². The lowest BCUT2D eigenvalue weighted by Crippen LogP contribution is -2.38. The molecule has 1 saturated heterocycles. The maximum absolute atomic E-state index is 13.0. The largest absolute Gasteiger partial charge is 0.339 e. The number of carbonyl (C=O) groups excluding carboxylic acids is 1. The van der Waals surface area contributed by atoms with E-state index in [9.17, 15) is 4.79 Å². The lowest BCUT2D eigenvalue weighted by molar-refractivity contribution is 0.0687. The molecule has 1 N–H and O–H groups in total. The van der Waals surface area contributed by atoms with Gasteiger partial charge in [-0.2, -0.15) is 0 Å².